The van der Waals surface area contributed by atoms with Crippen LogP contribution in [0.15, 0.2) is 41.2 Å². The largest absolute Gasteiger partial charge is 0.478 e. The number of carbonyl (C=O) groups is 1. The van der Waals surface area contributed by atoms with Gasteiger partial charge in [-0.15, -0.1) is 0 Å². The van der Waals surface area contributed by atoms with Crippen LogP contribution >= 0.6 is 0 Å². The lowest BCUT2D eigenvalue weighted by atomic mass is 9.80. The molecular formula is C25H36N2O2. The molecule has 1 aliphatic carbocycles. The van der Waals surface area contributed by atoms with Crippen LogP contribution in [0.1, 0.15) is 78.5 Å². The Hall–Kier alpha value is -2.36. The zero-order chi connectivity index (χ0) is 22.1. The molecule has 0 saturated heterocycles. The van der Waals surface area contributed by atoms with Crippen molar-refractivity contribution in [3.05, 3.63) is 52.9 Å². The molecule has 0 heterocycles. The first-order valence-electron chi connectivity index (χ1n) is 10.4. The van der Waals surface area contributed by atoms with E-state index in [4.69, 9.17) is 0 Å². The molecule has 0 saturated carbocycles. The molecule has 4 heteroatoms. The highest BCUT2D eigenvalue weighted by Crippen LogP contribution is 2.46. The Morgan fingerprint density at radius 2 is 1.93 bits per heavy atom. The van der Waals surface area contributed by atoms with Crippen LogP contribution in [0.4, 0.5) is 5.69 Å². The summed E-state index contributed by atoms with van der Waals surface area (Å²) in [5.41, 5.74) is 5.53. The minimum atomic E-state index is -0.988. The summed E-state index contributed by atoms with van der Waals surface area (Å²) in [6, 6.07) is 4.79. The minimum absolute atomic E-state index is 0.0249. The molecular weight excluding hydrogens is 360 g/mol. The third-order valence-corrected chi connectivity index (χ3v) is 5.79. The Morgan fingerprint density at radius 3 is 2.41 bits per heavy atom. The summed E-state index contributed by atoms with van der Waals surface area (Å²) in [5.74, 6) is -0.434. The summed E-state index contributed by atoms with van der Waals surface area (Å²) in [6.07, 6.45) is 5.07. The van der Waals surface area contributed by atoms with E-state index in [0.29, 0.717) is 5.82 Å². The number of carboxylic acid groups (broad SMARTS) is 1. The number of fused-ring (bicyclic) bond motifs is 1. The van der Waals surface area contributed by atoms with Crippen LogP contribution < -0.4 is 4.90 Å². The average molecular weight is 397 g/mol. The van der Waals surface area contributed by atoms with Gasteiger partial charge in [0, 0.05) is 17.9 Å². The Labute approximate surface area is 176 Å². The van der Waals surface area contributed by atoms with Gasteiger partial charge in [-0.25, -0.2) is 9.79 Å². The molecule has 0 aromatic heterocycles. The average Bonchev–Trinajstić information content (AvgIpc) is 2.89. The summed E-state index contributed by atoms with van der Waals surface area (Å²) in [5, 5.41) is 9.26. The van der Waals surface area contributed by atoms with E-state index in [0.717, 1.165) is 18.5 Å². The van der Waals surface area contributed by atoms with Gasteiger partial charge >= 0.3 is 5.97 Å². The SMILES string of the molecule is C=C(N=C/C(=C\C)C(=O)O)N(c1cc(C(C)(C)C)cc2c1CCC2(C)C)C(C)C. The molecule has 29 heavy (non-hydrogen) atoms. The molecule has 158 valence electrons. The number of nitrogens with zero attached hydrogens (tertiary/aromatic N) is 2. The predicted molar refractivity (Wildman–Crippen MR) is 123 cm³/mol. The van der Waals surface area contributed by atoms with E-state index in [1.54, 1.807) is 13.0 Å². The fourth-order valence-electron chi connectivity index (χ4n) is 3.92. The number of aliphatic imine (C=N–C) groups is 1. The number of aliphatic carboxylic acids is 1. The van der Waals surface area contributed by atoms with E-state index in [9.17, 15) is 9.90 Å². The lowest BCUT2D eigenvalue weighted by molar-refractivity contribution is -0.132. The predicted octanol–water partition coefficient (Wildman–Crippen LogP) is 6.00. The molecule has 1 aromatic rings. The Morgan fingerprint density at radius 1 is 1.31 bits per heavy atom. The summed E-state index contributed by atoms with van der Waals surface area (Å²) < 4.78 is 0. The van der Waals surface area contributed by atoms with Crippen molar-refractivity contribution in [1.82, 2.24) is 0 Å². The summed E-state index contributed by atoms with van der Waals surface area (Å²) in [4.78, 5) is 17.9. The third kappa shape index (κ3) is 4.80. The first-order chi connectivity index (χ1) is 13.3. The maximum absolute atomic E-state index is 11.3. The lowest BCUT2D eigenvalue weighted by Gasteiger charge is -2.33. The van der Waals surface area contributed by atoms with Crippen molar-refractivity contribution < 1.29 is 9.90 Å². The van der Waals surface area contributed by atoms with Crippen LogP contribution in [0, 0.1) is 0 Å². The van der Waals surface area contributed by atoms with Crippen LogP contribution in [0.25, 0.3) is 0 Å². The molecule has 4 nitrogen and oxygen atoms in total. The fraction of sp³-hybridized carbons (Fsp3) is 0.520. The third-order valence-electron chi connectivity index (χ3n) is 5.79. The number of hydrogen-bond donors (Lipinski definition) is 1. The van der Waals surface area contributed by atoms with Gasteiger partial charge in [-0.2, -0.15) is 0 Å². The standard InChI is InChI=1S/C25H36N2O2/c1-10-18(23(28)29)15-26-17(4)27(16(2)3)22-14-19(24(5,6)7)13-21-20(22)11-12-25(21,8)9/h10,13-16H,4,11-12H2,1-3,5-9H3,(H,28,29)/b18-10+,26-15?. The zero-order valence-corrected chi connectivity index (χ0v) is 19.3. The molecule has 2 rings (SSSR count). The molecule has 1 aromatic carbocycles. The topological polar surface area (TPSA) is 52.9 Å². The van der Waals surface area contributed by atoms with Crippen LogP contribution in [0.2, 0.25) is 0 Å². The monoisotopic (exact) mass is 396 g/mol. The quantitative estimate of drug-likeness (QED) is 0.474. The zero-order valence-electron chi connectivity index (χ0n) is 19.3. The maximum atomic E-state index is 11.3. The number of rotatable bonds is 6. The molecule has 0 bridgehead atoms. The van der Waals surface area contributed by atoms with Gasteiger partial charge in [0.2, 0.25) is 0 Å². The van der Waals surface area contributed by atoms with E-state index >= 15 is 0 Å². The van der Waals surface area contributed by atoms with Crippen molar-refractivity contribution in [2.75, 3.05) is 4.90 Å². The number of benzene rings is 1. The molecule has 0 amide bonds. The van der Waals surface area contributed by atoms with Gasteiger partial charge in [-0.05, 0) is 67.2 Å². The number of allylic oxidation sites excluding steroid dienone is 1. The Bertz CT molecular complexity index is 868. The maximum Gasteiger partial charge on any atom is 0.336 e. The van der Waals surface area contributed by atoms with E-state index in [-0.39, 0.29) is 22.4 Å². The van der Waals surface area contributed by atoms with Crippen LogP contribution in [-0.2, 0) is 22.0 Å². The molecule has 0 aliphatic heterocycles. The van der Waals surface area contributed by atoms with Gasteiger partial charge < -0.3 is 10.0 Å². The Balaban J connectivity index is 2.62. The van der Waals surface area contributed by atoms with Crippen molar-refractivity contribution in [2.45, 2.75) is 85.1 Å². The van der Waals surface area contributed by atoms with Gasteiger partial charge in [-0.3, -0.25) is 0 Å². The summed E-state index contributed by atoms with van der Waals surface area (Å²) >= 11 is 0. The minimum Gasteiger partial charge on any atom is -0.478 e. The first-order valence-corrected chi connectivity index (χ1v) is 10.4. The molecule has 0 spiro atoms. The van der Waals surface area contributed by atoms with E-state index < -0.39 is 5.97 Å². The second-order valence-corrected chi connectivity index (χ2v) is 9.84. The van der Waals surface area contributed by atoms with Crippen molar-refractivity contribution in [3.8, 4) is 0 Å². The fourth-order valence-corrected chi connectivity index (χ4v) is 3.92. The summed E-state index contributed by atoms with van der Waals surface area (Å²) in [6.45, 7) is 21.4. The molecule has 0 unspecified atom stereocenters. The van der Waals surface area contributed by atoms with Crippen LogP contribution in [0.5, 0.6) is 0 Å². The van der Waals surface area contributed by atoms with Crippen molar-refractivity contribution >= 4 is 17.9 Å². The van der Waals surface area contributed by atoms with Gasteiger partial charge in [-0.1, -0.05) is 53.3 Å². The molecule has 0 fully saturated rings. The second-order valence-electron chi connectivity index (χ2n) is 9.84. The van der Waals surface area contributed by atoms with E-state index in [1.165, 1.54) is 22.9 Å². The van der Waals surface area contributed by atoms with Gasteiger partial charge in [0.1, 0.15) is 5.82 Å². The van der Waals surface area contributed by atoms with Crippen molar-refractivity contribution in [1.29, 1.82) is 0 Å². The van der Waals surface area contributed by atoms with E-state index in [2.05, 4.69) is 77.1 Å². The number of hydrogen-bond acceptors (Lipinski definition) is 3. The Kier molecular flexibility index (Phi) is 6.46. The van der Waals surface area contributed by atoms with Crippen molar-refractivity contribution in [3.63, 3.8) is 0 Å². The van der Waals surface area contributed by atoms with Crippen LogP contribution in [0.3, 0.4) is 0 Å². The normalized spacial score (nSPS) is 16.4. The lowest BCUT2D eigenvalue weighted by Crippen LogP contribution is -2.31. The molecule has 0 atom stereocenters. The van der Waals surface area contributed by atoms with Crippen LogP contribution in [-0.4, -0.2) is 23.3 Å². The summed E-state index contributed by atoms with van der Waals surface area (Å²) in [7, 11) is 0. The number of anilines is 1. The number of carboxylic acids is 1. The smallest absolute Gasteiger partial charge is 0.336 e. The van der Waals surface area contributed by atoms with E-state index in [1.807, 2.05) is 0 Å². The second kappa shape index (κ2) is 8.17. The van der Waals surface area contributed by atoms with Gasteiger partial charge in [0.15, 0.2) is 0 Å². The first kappa shape index (κ1) is 22.9. The molecule has 1 N–H and O–H groups in total. The van der Waals surface area contributed by atoms with Gasteiger partial charge in [0.05, 0.1) is 5.57 Å². The molecule has 1 aliphatic rings. The highest BCUT2D eigenvalue weighted by Gasteiger charge is 2.35. The van der Waals surface area contributed by atoms with Crippen molar-refractivity contribution in [2.24, 2.45) is 4.99 Å². The highest BCUT2D eigenvalue weighted by molar-refractivity contribution is 6.08. The molecule has 0 radical (unpaired) electrons. The van der Waals surface area contributed by atoms with Gasteiger partial charge in [0.25, 0.3) is 0 Å². The highest BCUT2D eigenvalue weighted by atomic mass is 16.4.